The highest BCUT2D eigenvalue weighted by atomic mass is 16.4. The number of amides is 2. The van der Waals surface area contributed by atoms with E-state index in [0.717, 1.165) is 0 Å². The maximum absolute atomic E-state index is 11.7. The second-order valence-corrected chi connectivity index (χ2v) is 3.71. The molecule has 0 bridgehead atoms. The maximum Gasteiger partial charge on any atom is 0.356 e. The summed E-state index contributed by atoms with van der Waals surface area (Å²) in [7, 11) is 0. The lowest BCUT2D eigenvalue weighted by Gasteiger charge is -2.08. The van der Waals surface area contributed by atoms with Gasteiger partial charge < -0.3 is 15.7 Å². The van der Waals surface area contributed by atoms with Gasteiger partial charge in [-0.2, -0.15) is 0 Å². The molecule has 0 spiro atoms. The molecule has 0 aromatic carbocycles. The van der Waals surface area contributed by atoms with E-state index in [-0.39, 0.29) is 17.9 Å². The average molecular weight is 273 g/mol. The van der Waals surface area contributed by atoms with Crippen LogP contribution in [0.25, 0.3) is 0 Å². The molecule has 0 aliphatic rings. The Morgan fingerprint density at radius 2 is 2.05 bits per heavy atom. The fourth-order valence-electron chi connectivity index (χ4n) is 1.44. The van der Waals surface area contributed by atoms with Gasteiger partial charge in [0.1, 0.15) is 6.33 Å². The third kappa shape index (κ3) is 3.48. The van der Waals surface area contributed by atoms with E-state index in [2.05, 4.69) is 25.6 Å². The summed E-state index contributed by atoms with van der Waals surface area (Å²) in [4.78, 5) is 34.0. The molecule has 2 rings (SSSR count). The molecule has 8 heteroatoms. The van der Waals surface area contributed by atoms with E-state index >= 15 is 0 Å². The molecule has 2 amide bonds. The van der Waals surface area contributed by atoms with Crippen LogP contribution in [-0.4, -0.2) is 32.1 Å². The van der Waals surface area contributed by atoms with Gasteiger partial charge in [-0.25, -0.2) is 24.5 Å². The number of aromatic nitrogens is 3. The Balaban J connectivity index is 1.97. The summed E-state index contributed by atoms with van der Waals surface area (Å²) < 4.78 is 0. The highest BCUT2D eigenvalue weighted by Crippen LogP contribution is 2.11. The van der Waals surface area contributed by atoms with E-state index in [1.165, 1.54) is 24.7 Å². The predicted octanol–water partition coefficient (Wildman–Crippen LogP) is 0.892. The minimum atomic E-state index is -1.21. The van der Waals surface area contributed by atoms with E-state index in [1.54, 1.807) is 12.3 Å². The van der Waals surface area contributed by atoms with Gasteiger partial charge in [0.15, 0.2) is 5.69 Å². The van der Waals surface area contributed by atoms with Gasteiger partial charge in [-0.1, -0.05) is 0 Å². The van der Waals surface area contributed by atoms with Crippen molar-refractivity contribution in [1.82, 2.24) is 20.3 Å². The number of carbonyl (C=O) groups excluding carboxylic acids is 1. The van der Waals surface area contributed by atoms with E-state index in [4.69, 9.17) is 5.11 Å². The second-order valence-electron chi connectivity index (χ2n) is 3.71. The summed E-state index contributed by atoms with van der Waals surface area (Å²) >= 11 is 0. The lowest BCUT2D eigenvalue weighted by molar-refractivity contribution is 0.0691. The van der Waals surface area contributed by atoms with E-state index in [1.807, 2.05) is 0 Å². The predicted molar refractivity (Wildman–Crippen MR) is 69.1 cm³/mol. The van der Waals surface area contributed by atoms with Crippen molar-refractivity contribution < 1.29 is 14.7 Å². The van der Waals surface area contributed by atoms with Crippen molar-refractivity contribution in [2.45, 2.75) is 6.54 Å². The first-order valence-corrected chi connectivity index (χ1v) is 5.65. The lowest BCUT2D eigenvalue weighted by Crippen LogP contribution is -2.29. The highest BCUT2D eigenvalue weighted by molar-refractivity contribution is 5.98. The van der Waals surface area contributed by atoms with Crippen molar-refractivity contribution in [3.63, 3.8) is 0 Å². The van der Waals surface area contributed by atoms with E-state index < -0.39 is 12.0 Å². The number of aromatic carboxylic acids is 1. The Morgan fingerprint density at radius 3 is 2.75 bits per heavy atom. The first kappa shape index (κ1) is 13.4. The van der Waals surface area contributed by atoms with Crippen molar-refractivity contribution in [2.75, 3.05) is 5.32 Å². The Hall–Kier alpha value is -3.03. The smallest absolute Gasteiger partial charge is 0.356 e. The summed E-state index contributed by atoms with van der Waals surface area (Å²) in [5, 5.41) is 13.9. The number of carboxylic acids is 1. The monoisotopic (exact) mass is 273 g/mol. The zero-order valence-electron chi connectivity index (χ0n) is 10.3. The standard InChI is InChI=1S/C12H11N5O3/c18-11(19)10-9(2-1-4-14-10)17-12(20)15-6-8-3-5-13-7-16-8/h1-5,7H,6H2,(H,18,19)(H2,15,17,20). The van der Waals surface area contributed by atoms with Crippen LogP contribution in [0.1, 0.15) is 16.2 Å². The van der Waals surface area contributed by atoms with Crippen molar-refractivity contribution in [3.05, 3.63) is 48.3 Å². The number of anilines is 1. The molecule has 0 saturated heterocycles. The van der Waals surface area contributed by atoms with Gasteiger partial charge in [0, 0.05) is 12.4 Å². The first-order chi connectivity index (χ1) is 9.66. The Morgan fingerprint density at radius 1 is 1.20 bits per heavy atom. The van der Waals surface area contributed by atoms with Crippen LogP contribution in [0.4, 0.5) is 10.5 Å². The van der Waals surface area contributed by atoms with Crippen molar-refractivity contribution in [1.29, 1.82) is 0 Å². The van der Waals surface area contributed by atoms with Gasteiger partial charge in [-0.3, -0.25) is 0 Å². The van der Waals surface area contributed by atoms with E-state index in [9.17, 15) is 9.59 Å². The van der Waals surface area contributed by atoms with Crippen molar-refractivity contribution in [3.8, 4) is 0 Å². The number of rotatable bonds is 4. The Bertz CT molecular complexity index is 617. The molecule has 3 N–H and O–H groups in total. The molecular weight excluding hydrogens is 262 g/mol. The fraction of sp³-hybridized carbons (Fsp3) is 0.0833. The van der Waals surface area contributed by atoms with Crippen LogP contribution in [0.5, 0.6) is 0 Å². The molecule has 0 fully saturated rings. The number of nitrogens with one attached hydrogen (secondary N) is 2. The fourth-order valence-corrected chi connectivity index (χ4v) is 1.44. The SMILES string of the molecule is O=C(NCc1ccncn1)Nc1cccnc1C(=O)O. The zero-order chi connectivity index (χ0) is 14.4. The van der Waals surface area contributed by atoms with Crippen LogP contribution in [0.2, 0.25) is 0 Å². The number of hydrogen-bond donors (Lipinski definition) is 3. The number of hydrogen-bond acceptors (Lipinski definition) is 5. The van der Waals surface area contributed by atoms with Crippen LogP contribution in [0.15, 0.2) is 36.9 Å². The molecule has 0 unspecified atom stereocenters. The summed E-state index contributed by atoms with van der Waals surface area (Å²) in [6.45, 7) is 0.205. The van der Waals surface area contributed by atoms with Gasteiger partial charge in [-0.15, -0.1) is 0 Å². The first-order valence-electron chi connectivity index (χ1n) is 5.65. The topological polar surface area (TPSA) is 117 Å². The molecule has 0 aliphatic carbocycles. The normalized spacial score (nSPS) is 9.80. The molecule has 0 saturated carbocycles. The summed E-state index contributed by atoms with van der Waals surface area (Å²) in [6, 6.07) is 4.11. The number of carboxylic acid groups (broad SMARTS) is 1. The third-order valence-corrected chi connectivity index (χ3v) is 2.33. The number of urea groups is 1. The van der Waals surface area contributed by atoms with Gasteiger partial charge in [0.2, 0.25) is 0 Å². The second kappa shape index (κ2) is 6.23. The molecule has 0 aliphatic heterocycles. The third-order valence-electron chi connectivity index (χ3n) is 2.33. The molecule has 0 atom stereocenters. The van der Waals surface area contributed by atoms with Gasteiger partial charge >= 0.3 is 12.0 Å². The summed E-state index contributed by atoms with van der Waals surface area (Å²) in [5.41, 5.74) is 0.546. The Labute approximate surface area is 113 Å². The number of carbonyl (C=O) groups is 2. The molecule has 20 heavy (non-hydrogen) atoms. The minimum absolute atomic E-state index is 0.125. The van der Waals surface area contributed by atoms with Gasteiger partial charge in [0.05, 0.1) is 17.9 Å². The molecule has 0 radical (unpaired) electrons. The van der Waals surface area contributed by atoms with Crippen LogP contribution in [0, 0.1) is 0 Å². The molecule has 8 nitrogen and oxygen atoms in total. The van der Waals surface area contributed by atoms with Crippen molar-refractivity contribution >= 4 is 17.7 Å². The van der Waals surface area contributed by atoms with Crippen LogP contribution in [-0.2, 0) is 6.54 Å². The maximum atomic E-state index is 11.7. The average Bonchev–Trinajstić information content (AvgIpc) is 2.46. The van der Waals surface area contributed by atoms with Crippen LogP contribution < -0.4 is 10.6 Å². The van der Waals surface area contributed by atoms with Crippen LogP contribution in [0.3, 0.4) is 0 Å². The van der Waals surface area contributed by atoms with Gasteiger partial charge in [-0.05, 0) is 18.2 Å². The number of nitrogens with zero attached hydrogens (tertiary/aromatic N) is 3. The quantitative estimate of drug-likeness (QED) is 0.761. The molecule has 2 aromatic heterocycles. The molecule has 2 aromatic rings. The van der Waals surface area contributed by atoms with Crippen molar-refractivity contribution in [2.24, 2.45) is 0 Å². The van der Waals surface area contributed by atoms with E-state index in [0.29, 0.717) is 5.69 Å². The zero-order valence-corrected chi connectivity index (χ0v) is 10.3. The molecule has 102 valence electrons. The summed E-state index contributed by atoms with van der Waals surface area (Å²) in [5.74, 6) is -1.21. The lowest BCUT2D eigenvalue weighted by atomic mass is 10.3. The summed E-state index contributed by atoms with van der Waals surface area (Å²) in [6.07, 6.45) is 4.28. The minimum Gasteiger partial charge on any atom is -0.476 e. The largest absolute Gasteiger partial charge is 0.476 e. The molecule has 2 heterocycles. The number of pyridine rings is 1. The molecular formula is C12H11N5O3. The highest BCUT2D eigenvalue weighted by Gasteiger charge is 2.13. The Kier molecular flexibility index (Phi) is 4.17. The van der Waals surface area contributed by atoms with Gasteiger partial charge in [0.25, 0.3) is 0 Å². The van der Waals surface area contributed by atoms with Crippen LogP contribution >= 0.6 is 0 Å².